The van der Waals surface area contributed by atoms with Crippen molar-refractivity contribution in [2.45, 2.75) is 69.7 Å². The standard InChI is InChI=1S/C8H17.C4H9O.2ClH.Sn/c1-3-5-7-8-6-4-2;1-2-3-4-5;;;/h1,3-8H2,2H3;2-4H2,1H3;2*1H;/q;-1;;;+3/p-2. The number of hydrogen-bond donors (Lipinski definition) is 0. The third kappa shape index (κ3) is 11.8. The summed E-state index contributed by atoms with van der Waals surface area (Å²) in [5.74, 6) is 0. The Labute approximate surface area is 113 Å². The normalized spacial score (nSPS) is 12.0. The molecular weight excluding hydrogens is 350 g/mol. The second kappa shape index (κ2) is 11.4. The molecule has 0 aromatic carbocycles. The molecule has 0 aromatic rings. The molecule has 0 saturated carbocycles. The van der Waals surface area contributed by atoms with E-state index in [1.807, 2.05) is 0 Å². The average Bonchev–Trinajstić information content (AvgIpc) is 2.23. The van der Waals surface area contributed by atoms with Gasteiger partial charge in [0.05, 0.1) is 0 Å². The van der Waals surface area contributed by atoms with E-state index in [1.54, 1.807) is 0 Å². The van der Waals surface area contributed by atoms with Crippen LogP contribution in [0.2, 0.25) is 4.44 Å². The second-order valence-electron chi connectivity index (χ2n) is 4.36. The molecule has 4 heteroatoms. The monoisotopic (exact) mass is 376 g/mol. The molecule has 0 aliphatic heterocycles. The van der Waals surface area contributed by atoms with Gasteiger partial charge >= 0.3 is 114 Å². The van der Waals surface area contributed by atoms with E-state index in [0.29, 0.717) is 0 Å². The predicted octanol–water partition coefficient (Wildman–Crippen LogP) is 5.58. The third-order valence-corrected chi connectivity index (χ3v) is 11.1. The number of rotatable bonds is 11. The van der Waals surface area contributed by atoms with E-state index in [1.165, 1.54) is 32.1 Å². The molecule has 0 spiro atoms. The zero-order valence-corrected chi connectivity index (χ0v) is 15.1. The van der Waals surface area contributed by atoms with Gasteiger partial charge in [0.2, 0.25) is 0 Å². The van der Waals surface area contributed by atoms with Crippen molar-refractivity contribution >= 4 is 34.4 Å². The molecule has 1 nitrogen and oxygen atoms in total. The first-order valence-corrected chi connectivity index (χ1v) is 17.1. The Morgan fingerprint density at radius 3 is 2.00 bits per heavy atom. The zero-order chi connectivity index (χ0) is 12.3. The summed E-state index contributed by atoms with van der Waals surface area (Å²) in [7, 11) is 12.5. The average molecular weight is 376 g/mol. The van der Waals surface area contributed by atoms with E-state index in [2.05, 4.69) is 13.8 Å². The fraction of sp³-hybridized carbons (Fsp3) is 1.00. The van der Waals surface area contributed by atoms with Crippen molar-refractivity contribution in [2.24, 2.45) is 0 Å². The summed E-state index contributed by atoms with van der Waals surface area (Å²) in [6.07, 6.45) is 9.95. The fourth-order valence-electron chi connectivity index (χ4n) is 1.55. The van der Waals surface area contributed by atoms with Gasteiger partial charge in [-0.25, -0.2) is 0 Å². The molecule has 0 fully saturated rings. The van der Waals surface area contributed by atoms with Crippen LogP contribution in [0.15, 0.2) is 0 Å². The summed E-state index contributed by atoms with van der Waals surface area (Å²) >= 11 is -3.08. The minimum atomic E-state index is -3.08. The van der Waals surface area contributed by atoms with Crippen LogP contribution in [0, 0.1) is 0 Å². The Bertz CT molecular complexity index is 154. The molecule has 0 N–H and O–H groups in total. The van der Waals surface area contributed by atoms with Crippen LogP contribution in [-0.4, -0.2) is 23.1 Å². The molecular formula is C12H26Cl2OSn. The molecule has 0 amide bonds. The molecule has 0 aliphatic rings. The van der Waals surface area contributed by atoms with Crippen LogP contribution >= 0.6 is 17.8 Å². The molecule has 0 saturated heterocycles. The van der Waals surface area contributed by atoms with Crippen molar-refractivity contribution < 1.29 is 3.07 Å². The molecule has 0 aromatic heterocycles. The van der Waals surface area contributed by atoms with E-state index in [0.717, 1.165) is 30.3 Å². The van der Waals surface area contributed by atoms with Gasteiger partial charge in [-0.3, -0.25) is 0 Å². The van der Waals surface area contributed by atoms with Crippen LogP contribution in [0.3, 0.4) is 0 Å². The first-order valence-electron chi connectivity index (χ1n) is 6.64. The van der Waals surface area contributed by atoms with Gasteiger partial charge in [0.25, 0.3) is 0 Å². The Kier molecular flexibility index (Phi) is 12.4. The van der Waals surface area contributed by atoms with Crippen LogP contribution in [0.1, 0.15) is 65.2 Å². The first-order chi connectivity index (χ1) is 7.62. The maximum atomic E-state index is 6.27. The summed E-state index contributed by atoms with van der Waals surface area (Å²) < 4.78 is 6.59. The van der Waals surface area contributed by atoms with Crippen molar-refractivity contribution in [1.82, 2.24) is 0 Å². The van der Waals surface area contributed by atoms with E-state index in [-0.39, 0.29) is 0 Å². The van der Waals surface area contributed by atoms with Gasteiger partial charge < -0.3 is 0 Å². The Balaban J connectivity index is 3.35. The van der Waals surface area contributed by atoms with Gasteiger partial charge in [-0.05, 0) is 0 Å². The van der Waals surface area contributed by atoms with Gasteiger partial charge in [0, 0.05) is 0 Å². The van der Waals surface area contributed by atoms with Gasteiger partial charge in [0.1, 0.15) is 0 Å². The van der Waals surface area contributed by atoms with Crippen molar-refractivity contribution in [3.63, 3.8) is 0 Å². The van der Waals surface area contributed by atoms with E-state index < -0.39 is 16.5 Å². The summed E-state index contributed by atoms with van der Waals surface area (Å²) in [5, 5.41) is 0. The minimum absolute atomic E-state index is 0.759. The summed E-state index contributed by atoms with van der Waals surface area (Å²) in [4.78, 5) is 0. The van der Waals surface area contributed by atoms with Crippen LogP contribution in [0.25, 0.3) is 0 Å². The van der Waals surface area contributed by atoms with Crippen molar-refractivity contribution in [2.75, 3.05) is 6.61 Å². The summed E-state index contributed by atoms with van der Waals surface area (Å²) in [6, 6.07) is 0. The first kappa shape index (κ1) is 17.3. The Morgan fingerprint density at radius 2 is 1.38 bits per heavy atom. The SMILES string of the molecule is CCCCCCC[CH2][Sn]([Cl])([Cl])[O]CCCC. The molecule has 0 heterocycles. The molecule has 0 atom stereocenters. The molecule has 0 unspecified atom stereocenters. The summed E-state index contributed by atoms with van der Waals surface area (Å²) in [5.41, 5.74) is 0. The van der Waals surface area contributed by atoms with Gasteiger partial charge in [0.15, 0.2) is 0 Å². The number of unbranched alkanes of at least 4 members (excludes halogenated alkanes) is 6. The van der Waals surface area contributed by atoms with Gasteiger partial charge in [-0.1, -0.05) is 0 Å². The van der Waals surface area contributed by atoms with Crippen LogP contribution in [0.5, 0.6) is 0 Å². The van der Waals surface area contributed by atoms with Crippen LogP contribution < -0.4 is 0 Å². The van der Waals surface area contributed by atoms with E-state index in [9.17, 15) is 0 Å². The van der Waals surface area contributed by atoms with Crippen LogP contribution in [-0.2, 0) is 3.07 Å². The van der Waals surface area contributed by atoms with Crippen molar-refractivity contribution in [3.05, 3.63) is 0 Å². The van der Waals surface area contributed by atoms with Crippen molar-refractivity contribution in [3.8, 4) is 0 Å². The molecule has 16 heavy (non-hydrogen) atoms. The van der Waals surface area contributed by atoms with E-state index >= 15 is 0 Å². The topological polar surface area (TPSA) is 9.23 Å². The van der Waals surface area contributed by atoms with E-state index in [4.69, 9.17) is 20.9 Å². The number of hydrogen-bond acceptors (Lipinski definition) is 1. The zero-order valence-electron chi connectivity index (χ0n) is 10.7. The Hall–Kier alpha value is 1.34. The van der Waals surface area contributed by atoms with Gasteiger partial charge in [-0.2, -0.15) is 0 Å². The van der Waals surface area contributed by atoms with Crippen LogP contribution in [0.4, 0.5) is 0 Å². The third-order valence-electron chi connectivity index (χ3n) is 2.63. The molecule has 0 rings (SSSR count). The molecule has 0 aliphatic carbocycles. The maximum absolute atomic E-state index is 6.27. The molecule has 0 bridgehead atoms. The van der Waals surface area contributed by atoms with Crippen molar-refractivity contribution in [1.29, 1.82) is 0 Å². The summed E-state index contributed by atoms with van der Waals surface area (Å²) in [6.45, 7) is 5.15. The number of halogens is 2. The predicted molar refractivity (Wildman–Crippen MR) is 76.5 cm³/mol. The second-order valence-corrected chi connectivity index (χ2v) is 19.7. The molecule has 0 radical (unpaired) electrons. The quantitative estimate of drug-likeness (QED) is 0.338. The fourth-order valence-corrected chi connectivity index (χ4v) is 7.94. The molecule has 98 valence electrons. The Morgan fingerprint density at radius 1 is 0.812 bits per heavy atom. The van der Waals surface area contributed by atoms with Gasteiger partial charge in [-0.15, -0.1) is 0 Å².